The number of amides is 1. The molecule has 0 radical (unpaired) electrons. The van der Waals surface area contributed by atoms with E-state index in [0.717, 1.165) is 64.1 Å². The van der Waals surface area contributed by atoms with Crippen LogP contribution in [0.15, 0.2) is 54.7 Å². The van der Waals surface area contributed by atoms with E-state index in [2.05, 4.69) is 45.1 Å². The van der Waals surface area contributed by atoms with Crippen molar-refractivity contribution in [3.8, 4) is 0 Å². The number of nitrogens with zero attached hydrogens (tertiary/aromatic N) is 3. The lowest BCUT2D eigenvalue weighted by molar-refractivity contribution is -0.145. The first-order valence-corrected chi connectivity index (χ1v) is 9.71. The van der Waals surface area contributed by atoms with Crippen molar-refractivity contribution >= 4 is 5.91 Å². The number of rotatable bonds is 5. The first-order valence-electron chi connectivity index (χ1n) is 9.71. The molecule has 4 nitrogen and oxygen atoms in total. The molecular formula is C22H27N3O. The summed E-state index contributed by atoms with van der Waals surface area (Å²) in [6, 6.07) is 16.5. The van der Waals surface area contributed by atoms with Gasteiger partial charge in [0.1, 0.15) is 0 Å². The van der Waals surface area contributed by atoms with Crippen molar-refractivity contribution in [2.75, 3.05) is 26.2 Å². The molecule has 2 aromatic rings. The zero-order chi connectivity index (χ0) is 17.8. The molecule has 2 saturated heterocycles. The van der Waals surface area contributed by atoms with Crippen LogP contribution in [0.1, 0.15) is 30.5 Å². The monoisotopic (exact) mass is 349 g/mol. The van der Waals surface area contributed by atoms with E-state index in [1.165, 1.54) is 5.56 Å². The molecule has 1 spiro atoms. The summed E-state index contributed by atoms with van der Waals surface area (Å²) >= 11 is 0. The van der Waals surface area contributed by atoms with Crippen LogP contribution in [0.25, 0.3) is 0 Å². The van der Waals surface area contributed by atoms with E-state index in [4.69, 9.17) is 0 Å². The maximum atomic E-state index is 13.3. The van der Waals surface area contributed by atoms with Crippen LogP contribution in [0.5, 0.6) is 0 Å². The number of piperidine rings is 1. The number of aromatic nitrogens is 1. The van der Waals surface area contributed by atoms with Gasteiger partial charge in [-0.15, -0.1) is 0 Å². The van der Waals surface area contributed by atoms with Gasteiger partial charge in [-0.05, 0) is 49.9 Å². The van der Waals surface area contributed by atoms with Crippen molar-refractivity contribution in [3.05, 3.63) is 66.0 Å². The molecule has 136 valence electrons. The molecule has 2 aliphatic rings. The highest BCUT2D eigenvalue weighted by atomic mass is 16.2. The van der Waals surface area contributed by atoms with E-state index in [0.29, 0.717) is 5.91 Å². The van der Waals surface area contributed by atoms with Crippen molar-refractivity contribution in [1.29, 1.82) is 0 Å². The minimum Gasteiger partial charge on any atom is -0.342 e. The van der Waals surface area contributed by atoms with Crippen molar-refractivity contribution in [1.82, 2.24) is 14.8 Å². The Labute approximate surface area is 155 Å². The van der Waals surface area contributed by atoms with Crippen LogP contribution < -0.4 is 0 Å². The van der Waals surface area contributed by atoms with Gasteiger partial charge in [-0.2, -0.15) is 0 Å². The van der Waals surface area contributed by atoms with E-state index in [9.17, 15) is 4.79 Å². The minimum absolute atomic E-state index is 0.163. The van der Waals surface area contributed by atoms with Crippen molar-refractivity contribution in [2.45, 2.75) is 32.2 Å². The first-order chi connectivity index (χ1) is 12.8. The Hall–Kier alpha value is -2.20. The van der Waals surface area contributed by atoms with Crippen LogP contribution in [0.4, 0.5) is 0 Å². The first kappa shape index (κ1) is 17.2. The predicted octanol–water partition coefficient (Wildman–Crippen LogP) is 3.14. The third-order valence-electron chi connectivity index (χ3n) is 5.88. The summed E-state index contributed by atoms with van der Waals surface area (Å²) in [5, 5.41) is 0. The van der Waals surface area contributed by atoms with Gasteiger partial charge in [-0.3, -0.25) is 14.7 Å². The molecule has 4 rings (SSSR count). The summed E-state index contributed by atoms with van der Waals surface area (Å²) < 4.78 is 0. The van der Waals surface area contributed by atoms with E-state index in [-0.39, 0.29) is 5.41 Å². The number of pyridine rings is 1. The molecule has 4 heteroatoms. The fourth-order valence-electron chi connectivity index (χ4n) is 4.47. The maximum absolute atomic E-state index is 13.3. The number of carbonyl (C=O) groups excluding carboxylic acids is 1. The molecule has 26 heavy (non-hydrogen) atoms. The lowest BCUT2D eigenvalue weighted by Crippen LogP contribution is -2.50. The predicted molar refractivity (Wildman–Crippen MR) is 103 cm³/mol. The van der Waals surface area contributed by atoms with Crippen LogP contribution in [0.2, 0.25) is 0 Å². The number of hydrogen-bond donors (Lipinski definition) is 0. The number of likely N-dealkylation sites (tertiary alicyclic amines) is 2. The van der Waals surface area contributed by atoms with E-state index >= 15 is 0 Å². The quantitative estimate of drug-likeness (QED) is 0.832. The second-order valence-electron chi connectivity index (χ2n) is 7.69. The number of carbonyl (C=O) groups is 1. The summed E-state index contributed by atoms with van der Waals surface area (Å²) in [6.45, 7) is 4.47. The van der Waals surface area contributed by atoms with Gasteiger partial charge in [0, 0.05) is 32.4 Å². The van der Waals surface area contributed by atoms with Gasteiger partial charge in [0.2, 0.25) is 5.91 Å². The van der Waals surface area contributed by atoms with Crippen LogP contribution in [0, 0.1) is 5.41 Å². The Morgan fingerprint density at radius 2 is 1.85 bits per heavy atom. The molecular weight excluding hydrogens is 322 g/mol. The topological polar surface area (TPSA) is 36.4 Å². The summed E-state index contributed by atoms with van der Waals surface area (Å²) in [7, 11) is 0. The van der Waals surface area contributed by atoms with Crippen molar-refractivity contribution < 1.29 is 4.79 Å². The van der Waals surface area contributed by atoms with Gasteiger partial charge in [0.15, 0.2) is 0 Å². The third-order valence-corrected chi connectivity index (χ3v) is 5.88. The maximum Gasteiger partial charge on any atom is 0.230 e. The Morgan fingerprint density at radius 3 is 2.65 bits per heavy atom. The molecule has 3 heterocycles. The standard InChI is InChI=1S/C22H27N3O/c26-21-22(12-16-24(18-22)17-20-9-4-5-13-23-20)11-6-14-25(21)15-10-19-7-2-1-3-8-19/h1-5,7-9,13H,6,10-12,14-18H2/t22-/m1/s1. The molecule has 1 aromatic carbocycles. The molecule has 0 bridgehead atoms. The molecule has 1 amide bonds. The third kappa shape index (κ3) is 3.65. The Balaban J connectivity index is 1.38. The van der Waals surface area contributed by atoms with E-state index in [1.54, 1.807) is 0 Å². The molecule has 2 fully saturated rings. The van der Waals surface area contributed by atoms with Gasteiger partial charge in [-0.1, -0.05) is 36.4 Å². The van der Waals surface area contributed by atoms with Crippen LogP contribution in [-0.4, -0.2) is 46.9 Å². The SMILES string of the molecule is O=C1N(CCc2ccccc2)CCC[C@]12CCN(Cc1ccccn1)C2. The molecule has 0 N–H and O–H groups in total. The van der Waals surface area contributed by atoms with Crippen LogP contribution in [-0.2, 0) is 17.8 Å². The van der Waals surface area contributed by atoms with E-state index in [1.807, 2.05) is 24.4 Å². The van der Waals surface area contributed by atoms with Gasteiger partial charge >= 0.3 is 0 Å². The Bertz CT molecular complexity index is 734. The van der Waals surface area contributed by atoms with Crippen molar-refractivity contribution in [3.63, 3.8) is 0 Å². The molecule has 0 unspecified atom stereocenters. The largest absolute Gasteiger partial charge is 0.342 e. The smallest absolute Gasteiger partial charge is 0.230 e. The zero-order valence-corrected chi connectivity index (χ0v) is 15.3. The van der Waals surface area contributed by atoms with Crippen molar-refractivity contribution in [2.24, 2.45) is 5.41 Å². The fraction of sp³-hybridized carbons (Fsp3) is 0.455. The summed E-state index contributed by atoms with van der Waals surface area (Å²) in [6.07, 6.45) is 5.93. The minimum atomic E-state index is -0.163. The summed E-state index contributed by atoms with van der Waals surface area (Å²) in [5.74, 6) is 0.378. The average Bonchev–Trinajstić information content (AvgIpc) is 3.08. The van der Waals surface area contributed by atoms with Gasteiger partial charge in [-0.25, -0.2) is 0 Å². The summed E-state index contributed by atoms with van der Waals surface area (Å²) in [5.41, 5.74) is 2.24. The lowest BCUT2D eigenvalue weighted by atomic mass is 9.78. The van der Waals surface area contributed by atoms with Gasteiger partial charge in [0.05, 0.1) is 11.1 Å². The lowest BCUT2D eigenvalue weighted by Gasteiger charge is -2.39. The summed E-state index contributed by atoms with van der Waals surface area (Å²) in [4.78, 5) is 22.2. The average molecular weight is 349 g/mol. The highest BCUT2D eigenvalue weighted by molar-refractivity contribution is 5.84. The number of benzene rings is 1. The Morgan fingerprint density at radius 1 is 1.00 bits per heavy atom. The second-order valence-corrected chi connectivity index (χ2v) is 7.69. The van der Waals surface area contributed by atoms with E-state index < -0.39 is 0 Å². The molecule has 1 atom stereocenters. The Kier molecular flexibility index (Phi) is 5.02. The fourth-order valence-corrected chi connectivity index (χ4v) is 4.47. The molecule has 0 saturated carbocycles. The van der Waals surface area contributed by atoms with Crippen LogP contribution >= 0.6 is 0 Å². The second kappa shape index (κ2) is 7.58. The molecule has 1 aromatic heterocycles. The normalized spacial score (nSPS) is 23.7. The number of hydrogen-bond acceptors (Lipinski definition) is 3. The zero-order valence-electron chi connectivity index (χ0n) is 15.3. The highest BCUT2D eigenvalue weighted by Crippen LogP contribution is 2.40. The highest BCUT2D eigenvalue weighted by Gasteiger charge is 2.48. The van der Waals surface area contributed by atoms with Crippen LogP contribution in [0.3, 0.4) is 0 Å². The molecule has 2 aliphatic heterocycles. The molecule has 0 aliphatic carbocycles. The van der Waals surface area contributed by atoms with Gasteiger partial charge in [0.25, 0.3) is 0 Å². The van der Waals surface area contributed by atoms with Gasteiger partial charge < -0.3 is 4.90 Å².